The van der Waals surface area contributed by atoms with Crippen LogP contribution in [0.1, 0.15) is 31.2 Å². The van der Waals surface area contributed by atoms with Crippen LogP contribution in [0.5, 0.6) is 0 Å². The van der Waals surface area contributed by atoms with Crippen molar-refractivity contribution in [3.05, 3.63) is 35.9 Å². The smallest absolute Gasteiger partial charge is 0.317 e. The molecule has 0 unspecified atom stereocenters. The van der Waals surface area contributed by atoms with Crippen molar-refractivity contribution in [1.29, 1.82) is 0 Å². The molecule has 2 rings (SSSR count). The van der Waals surface area contributed by atoms with Crippen LogP contribution >= 0.6 is 0 Å². The van der Waals surface area contributed by atoms with Gasteiger partial charge in [0.1, 0.15) is 0 Å². The van der Waals surface area contributed by atoms with E-state index in [-0.39, 0.29) is 6.03 Å². The fourth-order valence-corrected chi connectivity index (χ4v) is 2.29. The largest absolute Gasteiger partial charge is 0.334 e. The van der Waals surface area contributed by atoms with Crippen LogP contribution in [0.3, 0.4) is 0 Å². The second-order valence-corrected chi connectivity index (χ2v) is 5.06. The molecule has 1 aromatic carbocycles. The summed E-state index contributed by atoms with van der Waals surface area (Å²) in [7, 11) is 0. The second kappa shape index (κ2) is 7.14. The van der Waals surface area contributed by atoms with Crippen molar-refractivity contribution >= 4 is 6.03 Å². The maximum atomic E-state index is 12.2. The summed E-state index contributed by atoms with van der Waals surface area (Å²) >= 11 is 0. The minimum atomic E-state index is 0.0435. The van der Waals surface area contributed by atoms with Gasteiger partial charge in [0.05, 0.1) is 0 Å². The van der Waals surface area contributed by atoms with Gasteiger partial charge in [-0.25, -0.2) is 4.79 Å². The van der Waals surface area contributed by atoms with Crippen LogP contribution < -0.4 is 11.1 Å². The molecule has 1 aliphatic rings. The van der Waals surface area contributed by atoms with Gasteiger partial charge in [-0.15, -0.1) is 0 Å². The SMILES string of the molecule is NCCCN(C(=O)NCc1ccccc1)C1CCC1. The maximum absolute atomic E-state index is 12.2. The van der Waals surface area contributed by atoms with Crippen molar-refractivity contribution in [3.8, 4) is 0 Å². The topological polar surface area (TPSA) is 58.4 Å². The van der Waals surface area contributed by atoms with E-state index < -0.39 is 0 Å². The molecule has 104 valence electrons. The molecule has 0 radical (unpaired) electrons. The molecule has 0 heterocycles. The summed E-state index contributed by atoms with van der Waals surface area (Å²) in [6.07, 6.45) is 4.36. The highest BCUT2D eigenvalue weighted by Gasteiger charge is 2.27. The quantitative estimate of drug-likeness (QED) is 0.824. The fraction of sp³-hybridized carbons (Fsp3) is 0.533. The summed E-state index contributed by atoms with van der Waals surface area (Å²) in [6, 6.07) is 10.5. The van der Waals surface area contributed by atoms with E-state index in [9.17, 15) is 4.79 Å². The van der Waals surface area contributed by atoms with Crippen LogP contribution in [0.2, 0.25) is 0 Å². The zero-order chi connectivity index (χ0) is 13.5. The predicted octanol–water partition coefficient (Wildman–Crippen LogP) is 2.10. The van der Waals surface area contributed by atoms with E-state index in [0.29, 0.717) is 19.1 Å². The summed E-state index contributed by atoms with van der Waals surface area (Å²) in [4.78, 5) is 14.2. The van der Waals surface area contributed by atoms with Crippen LogP contribution in [0.15, 0.2) is 30.3 Å². The predicted molar refractivity (Wildman–Crippen MR) is 76.7 cm³/mol. The molecular formula is C15H23N3O. The first-order chi connectivity index (χ1) is 9.31. The molecule has 4 nitrogen and oxygen atoms in total. The number of hydrogen-bond acceptors (Lipinski definition) is 2. The lowest BCUT2D eigenvalue weighted by Gasteiger charge is -2.37. The van der Waals surface area contributed by atoms with E-state index >= 15 is 0 Å². The van der Waals surface area contributed by atoms with Gasteiger partial charge in [0.2, 0.25) is 0 Å². The van der Waals surface area contributed by atoms with Crippen molar-refractivity contribution in [2.45, 2.75) is 38.3 Å². The molecule has 0 saturated heterocycles. The number of nitrogens with zero attached hydrogens (tertiary/aromatic N) is 1. The Morgan fingerprint density at radius 3 is 2.63 bits per heavy atom. The Bertz CT molecular complexity index is 390. The van der Waals surface area contributed by atoms with Gasteiger partial charge in [0.25, 0.3) is 0 Å². The molecule has 4 heteroatoms. The van der Waals surface area contributed by atoms with Crippen molar-refractivity contribution in [1.82, 2.24) is 10.2 Å². The second-order valence-electron chi connectivity index (χ2n) is 5.06. The molecule has 1 fully saturated rings. The number of nitrogens with one attached hydrogen (secondary N) is 1. The van der Waals surface area contributed by atoms with Gasteiger partial charge in [-0.3, -0.25) is 0 Å². The van der Waals surface area contributed by atoms with Crippen LogP contribution in [-0.4, -0.2) is 30.1 Å². The first kappa shape index (κ1) is 13.9. The van der Waals surface area contributed by atoms with E-state index in [1.165, 1.54) is 6.42 Å². The molecule has 1 aliphatic carbocycles. The van der Waals surface area contributed by atoms with Crippen LogP contribution in [0.25, 0.3) is 0 Å². The molecule has 0 spiro atoms. The van der Waals surface area contributed by atoms with Gasteiger partial charge < -0.3 is 16.0 Å². The summed E-state index contributed by atoms with van der Waals surface area (Å²) < 4.78 is 0. The third-order valence-corrected chi connectivity index (χ3v) is 3.67. The first-order valence-electron chi connectivity index (χ1n) is 7.09. The third-order valence-electron chi connectivity index (χ3n) is 3.67. The number of urea groups is 1. The molecule has 1 saturated carbocycles. The molecule has 0 atom stereocenters. The lowest BCUT2D eigenvalue weighted by molar-refractivity contribution is 0.137. The highest BCUT2D eigenvalue weighted by atomic mass is 16.2. The highest BCUT2D eigenvalue weighted by Crippen LogP contribution is 2.24. The monoisotopic (exact) mass is 261 g/mol. The number of hydrogen-bond donors (Lipinski definition) is 2. The van der Waals surface area contributed by atoms with Gasteiger partial charge in [-0.1, -0.05) is 30.3 Å². The Labute approximate surface area is 115 Å². The molecule has 0 bridgehead atoms. The Kier molecular flexibility index (Phi) is 5.21. The molecule has 3 N–H and O–H groups in total. The summed E-state index contributed by atoms with van der Waals surface area (Å²) in [6.45, 7) is 1.99. The van der Waals surface area contributed by atoms with Crippen LogP contribution in [-0.2, 0) is 6.54 Å². The van der Waals surface area contributed by atoms with Gasteiger partial charge in [0.15, 0.2) is 0 Å². The van der Waals surface area contributed by atoms with Crippen molar-refractivity contribution < 1.29 is 4.79 Å². The van der Waals surface area contributed by atoms with Crippen LogP contribution in [0, 0.1) is 0 Å². The zero-order valence-electron chi connectivity index (χ0n) is 11.3. The first-order valence-corrected chi connectivity index (χ1v) is 7.09. The Balaban J connectivity index is 1.84. The van der Waals surface area contributed by atoms with E-state index in [1.54, 1.807) is 0 Å². The van der Waals surface area contributed by atoms with E-state index in [0.717, 1.165) is 31.4 Å². The number of amides is 2. The normalized spacial score (nSPS) is 14.8. The molecule has 1 aromatic rings. The Morgan fingerprint density at radius 2 is 2.05 bits per heavy atom. The average molecular weight is 261 g/mol. The molecule has 0 aliphatic heterocycles. The summed E-state index contributed by atoms with van der Waals surface area (Å²) in [5, 5.41) is 3.00. The third kappa shape index (κ3) is 3.96. The minimum absolute atomic E-state index is 0.0435. The number of benzene rings is 1. The number of rotatable bonds is 6. The lowest BCUT2D eigenvalue weighted by Crippen LogP contribution is -2.49. The number of nitrogens with two attached hydrogens (primary N) is 1. The minimum Gasteiger partial charge on any atom is -0.334 e. The Hall–Kier alpha value is -1.55. The van der Waals surface area contributed by atoms with Crippen molar-refractivity contribution in [2.24, 2.45) is 5.73 Å². The number of carbonyl (C=O) groups is 1. The summed E-state index contributed by atoms with van der Waals surface area (Å²) in [5.41, 5.74) is 6.67. The van der Waals surface area contributed by atoms with E-state index in [1.807, 2.05) is 35.2 Å². The van der Waals surface area contributed by atoms with Gasteiger partial charge >= 0.3 is 6.03 Å². The van der Waals surface area contributed by atoms with Crippen molar-refractivity contribution in [3.63, 3.8) is 0 Å². The van der Waals surface area contributed by atoms with E-state index in [2.05, 4.69) is 5.32 Å². The molecule has 2 amide bonds. The van der Waals surface area contributed by atoms with Gasteiger partial charge in [-0.05, 0) is 37.8 Å². The highest BCUT2D eigenvalue weighted by molar-refractivity contribution is 5.74. The zero-order valence-corrected chi connectivity index (χ0v) is 11.3. The van der Waals surface area contributed by atoms with Gasteiger partial charge in [-0.2, -0.15) is 0 Å². The molecule has 0 aromatic heterocycles. The summed E-state index contributed by atoms with van der Waals surface area (Å²) in [5.74, 6) is 0. The standard InChI is InChI=1S/C15H23N3O/c16-10-5-11-18(14-8-4-9-14)15(19)17-12-13-6-2-1-3-7-13/h1-3,6-7,14H,4-5,8-12,16H2,(H,17,19). The lowest BCUT2D eigenvalue weighted by atomic mass is 9.91. The molecule has 19 heavy (non-hydrogen) atoms. The van der Waals surface area contributed by atoms with Crippen LogP contribution in [0.4, 0.5) is 4.79 Å². The average Bonchev–Trinajstić information content (AvgIpc) is 2.39. The van der Waals surface area contributed by atoms with Gasteiger partial charge in [0, 0.05) is 19.1 Å². The van der Waals surface area contributed by atoms with Crippen molar-refractivity contribution in [2.75, 3.05) is 13.1 Å². The fourth-order valence-electron chi connectivity index (χ4n) is 2.29. The maximum Gasteiger partial charge on any atom is 0.317 e. The number of carbonyl (C=O) groups excluding carboxylic acids is 1. The van der Waals surface area contributed by atoms with E-state index in [4.69, 9.17) is 5.73 Å². The Morgan fingerprint density at radius 1 is 1.32 bits per heavy atom. The molecular weight excluding hydrogens is 238 g/mol.